The quantitative estimate of drug-likeness (QED) is 0.834. The van der Waals surface area contributed by atoms with E-state index in [1.165, 1.54) is 4.57 Å². The lowest BCUT2D eigenvalue weighted by molar-refractivity contribution is 0.218. The van der Waals surface area contributed by atoms with Gasteiger partial charge in [0, 0.05) is 12.5 Å². The van der Waals surface area contributed by atoms with Gasteiger partial charge in [0.2, 0.25) is 0 Å². The second kappa shape index (κ2) is 3.49. The van der Waals surface area contributed by atoms with E-state index in [0.29, 0.717) is 5.58 Å². The molecule has 1 aromatic heterocycles. The maximum absolute atomic E-state index is 11.3. The summed E-state index contributed by atoms with van der Waals surface area (Å²) in [4.78, 5) is 11.3. The van der Waals surface area contributed by atoms with E-state index in [4.69, 9.17) is 4.42 Å². The van der Waals surface area contributed by atoms with Crippen LogP contribution in [0.1, 0.15) is 19.4 Å². The number of aryl methyl sites for hydroxylation is 1. The highest BCUT2D eigenvalue weighted by Crippen LogP contribution is 2.25. The van der Waals surface area contributed by atoms with Crippen LogP contribution in [0.2, 0.25) is 0 Å². The molecule has 0 radical (unpaired) electrons. The summed E-state index contributed by atoms with van der Waals surface area (Å²) in [6.07, 6.45) is 0. The number of hydrogen-bond acceptors (Lipinski definition) is 3. The summed E-state index contributed by atoms with van der Waals surface area (Å²) >= 11 is 0. The Morgan fingerprint density at radius 2 is 2.12 bits per heavy atom. The van der Waals surface area contributed by atoms with Gasteiger partial charge in [0.1, 0.15) is 0 Å². The zero-order valence-corrected chi connectivity index (χ0v) is 9.65. The largest absolute Gasteiger partial charge is 0.419 e. The molecule has 86 valence electrons. The maximum Gasteiger partial charge on any atom is 0.419 e. The van der Waals surface area contributed by atoms with Gasteiger partial charge in [-0.1, -0.05) is 19.9 Å². The van der Waals surface area contributed by atoms with Gasteiger partial charge in [0.25, 0.3) is 0 Å². The smallest absolute Gasteiger partial charge is 0.408 e. The summed E-state index contributed by atoms with van der Waals surface area (Å²) in [5.41, 5.74) is 1.95. The van der Waals surface area contributed by atoms with Gasteiger partial charge in [-0.2, -0.15) is 0 Å². The number of hydrogen-bond donors (Lipinski definition) is 1. The molecule has 1 N–H and O–H groups in total. The van der Waals surface area contributed by atoms with Crippen LogP contribution in [0.4, 0.5) is 0 Å². The molecule has 0 fully saturated rings. The fraction of sp³-hybridized carbons (Fsp3) is 0.417. The lowest BCUT2D eigenvalue weighted by Crippen LogP contribution is -2.21. The van der Waals surface area contributed by atoms with Crippen molar-refractivity contribution in [1.29, 1.82) is 0 Å². The van der Waals surface area contributed by atoms with Crippen LogP contribution in [0, 0.1) is 0 Å². The topological polar surface area (TPSA) is 55.4 Å². The van der Waals surface area contributed by atoms with Gasteiger partial charge in [-0.3, -0.25) is 4.57 Å². The molecule has 0 aliphatic rings. The number of oxazole rings is 1. The Bertz CT molecular complexity index is 577. The van der Waals surface area contributed by atoms with Crippen molar-refractivity contribution in [2.75, 3.05) is 6.61 Å². The summed E-state index contributed by atoms with van der Waals surface area (Å²) < 4.78 is 6.57. The van der Waals surface area contributed by atoms with Crippen LogP contribution in [-0.4, -0.2) is 16.3 Å². The number of benzene rings is 1. The average Bonchev–Trinajstić information content (AvgIpc) is 2.54. The Kier molecular flexibility index (Phi) is 2.39. The Labute approximate surface area is 93.1 Å². The molecule has 0 atom stereocenters. The normalized spacial score (nSPS) is 12.2. The number of aliphatic hydroxyl groups excluding tert-OH is 1. The zero-order chi connectivity index (χ0) is 11.9. The van der Waals surface area contributed by atoms with E-state index in [1.807, 2.05) is 32.0 Å². The molecule has 0 unspecified atom stereocenters. The molecular weight excluding hydrogens is 206 g/mol. The number of rotatable bonds is 2. The molecule has 0 aliphatic heterocycles. The van der Waals surface area contributed by atoms with Gasteiger partial charge in [-0.15, -0.1) is 0 Å². The van der Waals surface area contributed by atoms with Crippen molar-refractivity contribution in [2.24, 2.45) is 7.05 Å². The molecule has 4 nitrogen and oxygen atoms in total. The second-order valence-corrected chi connectivity index (χ2v) is 4.65. The highest BCUT2D eigenvalue weighted by molar-refractivity contribution is 5.74. The van der Waals surface area contributed by atoms with Crippen molar-refractivity contribution < 1.29 is 9.52 Å². The van der Waals surface area contributed by atoms with Gasteiger partial charge in [-0.05, 0) is 17.7 Å². The molecule has 1 heterocycles. The van der Waals surface area contributed by atoms with Crippen molar-refractivity contribution in [3.63, 3.8) is 0 Å². The van der Waals surface area contributed by atoms with Crippen LogP contribution < -0.4 is 5.76 Å². The molecule has 0 amide bonds. The monoisotopic (exact) mass is 221 g/mol. The summed E-state index contributed by atoms with van der Waals surface area (Å²) in [6, 6.07) is 5.56. The van der Waals surface area contributed by atoms with E-state index >= 15 is 0 Å². The van der Waals surface area contributed by atoms with Crippen LogP contribution in [-0.2, 0) is 12.5 Å². The van der Waals surface area contributed by atoms with Crippen molar-refractivity contribution in [3.8, 4) is 0 Å². The van der Waals surface area contributed by atoms with Gasteiger partial charge in [0.15, 0.2) is 5.58 Å². The first-order valence-electron chi connectivity index (χ1n) is 5.16. The van der Waals surface area contributed by atoms with Crippen molar-refractivity contribution in [3.05, 3.63) is 34.3 Å². The van der Waals surface area contributed by atoms with E-state index < -0.39 is 0 Å². The van der Waals surface area contributed by atoms with Crippen LogP contribution in [0.15, 0.2) is 27.4 Å². The molecule has 2 rings (SSSR count). The van der Waals surface area contributed by atoms with Gasteiger partial charge in [0.05, 0.1) is 12.1 Å². The average molecular weight is 221 g/mol. The van der Waals surface area contributed by atoms with Gasteiger partial charge >= 0.3 is 5.76 Å². The molecule has 0 aliphatic carbocycles. The zero-order valence-electron chi connectivity index (χ0n) is 9.65. The number of fused-ring (bicyclic) bond motifs is 1. The minimum atomic E-state index is -0.367. The first kappa shape index (κ1) is 11.0. The van der Waals surface area contributed by atoms with E-state index in [2.05, 4.69) is 0 Å². The van der Waals surface area contributed by atoms with Gasteiger partial charge < -0.3 is 9.52 Å². The molecule has 4 heteroatoms. The third-order valence-corrected chi connectivity index (χ3v) is 2.97. The summed E-state index contributed by atoms with van der Waals surface area (Å²) in [5.74, 6) is -0.367. The minimum absolute atomic E-state index is 0.0512. The lowest BCUT2D eigenvalue weighted by Gasteiger charge is -2.21. The second-order valence-electron chi connectivity index (χ2n) is 4.65. The minimum Gasteiger partial charge on any atom is -0.408 e. The summed E-state index contributed by atoms with van der Waals surface area (Å²) in [6.45, 7) is 3.93. The van der Waals surface area contributed by atoms with Gasteiger partial charge in [-0.25, -0.2) is 4.79 Å². The number of aromatic nitrogens is 1. The molecule has 0 saturated heterocycles. The van der Waals surface area contributed by atoms with Crippen molar-refractivity contribution >= 4 is 11.1 Å². The number of nitrogens with zero attached hydrogens (tertiary/aromatic N) is 1. The highest BCUT2D eigenvalue weighted by atomic mass is 16.4. The fourth-order valence-corrected chi connectivity index (χ4v) is 1.65. The summed E-state index contributed by atoms with van der Waals surface area (Å²) in [7, 11) is 1.67. The molecular formula is C12H15NO3. The predicted molar refractivity (Wildman–Crippen MR) is 61.6 cm³/mol. The van der Waals surface area contributed by atoms with E-state index in [9.17, 15) is 9.90 Å². The van der Waals surface area contributed by atoms with Crippen LogP contribution >= 0.6 is 0 Å². The first-order chi connectivity index (χ1) is 7.45. The van der Waals surface area contributed by atoms with Crippen molar-refractivity contribution in [2.45, 2.75) is 19.3 Å². The van der Waals surface area contributed by atoms with Crippen LogP contribution in [0.3, 0.4) is 0 Å². The van der Waals surface area contributed by atoms with Crippen LogP contribution in [0.25, 0.3) is 11.1 Å². The maximum atomic E-state index is 11.3. The Morgan fingerprint density at radius 3 is 2.75 bits per heavy atom. The lowest BCUT2D eigenvalue weighted by atomic mass is 9.85. The number of aliphatic hydroxyl groups is 1. The third-order valence-electron chi connectivity index (χ3n) is 2.97. The molecule has 0 spiro atoms. The van der Waals surface area contributed by atoms with E-state index in [0.717, 1.165) is 11.1 Å². The molecule has 0 bridgehead atoms. The third kappa shape index (κ3) is 1.55. The standard InChI is InChI=1S/C12H15NO3/c1-12(2,7-14)8-4-5-9-10(6-8)16-11(15)13(9)3/h4-6,14H,7H2,1-3H3. The molecule has 0 saturated carbocycles. The fourth-order valence-electron chi connectivity index (χ4n) is 1.65. The highest BCUT2D eigenvalue weighted by Gasteiger charge is 2.20. The SMILES string of the molecule is Cn1c(=O)oc2cc(C(C)(C)CO)ccc21. The Morgan fingerprint density at radius 1 is 1.44 bits per heavy atom. The molecule has 1 aromatic carbocycles. The summed E-state index contributed by atoms with van der Waals surface area (Å²) in [5, 5.41) is 9.28. The molecule has 16 heavy (non-hydrogen) atoms. The Balaban J connectivity index is 2.66. The van der Waals surface area contributed by atoms with Crippen LogP contribution in [0.5, 0.6) is 0 Å². The molecule has 2 aromatic rings. The van der Waals surface area contributed by atoms with E-state index in [1.54, 1.807) is 7.05 Å². The van der Waals surface area contributed by atoms with E-state index in [-0.39, 0.29) is 17.8 Å². The Hall–Kier alpha value is -1.55. The van der Waals surface area contributed by atoms with Crippen molar-refractivity contribution in [1.82, 2.24) is 4.57 Å². The predicted octanol–water partition coefficient (Wildman–Crippen LogP) is 1.40. The first-order valence-corrected chi connectivity index (χ1v) is 5.16.